The van der Waals surface area contributed by atoms with Gasteiger partial charge >= 0.3 is 0 Å². The molecule has 1 aliphatic rings. The minimum atomic E-state index is -0.323. The van der Waals surface area contributed by atoms with Gasteiger partial charge in [-0.1, -0.05) is 31.5 Å². The Kier molecular flexibility index (Phi) is 5.73. The molecule has 1 fully saturated rings. The summed E-state index contributed by atoms with van der Waals surface area (Å²) in [6, 6.07) is 6.10. The van der Waals surface area contributed by atoms with Crippen LogP contribution in [0.4, 0.5) is 4.39 Å². The second kappa shape index (κ2) is 7.99. The molecule has 1 aromatic heterocycles. The first-order valence-electron chi connectivity index (χ1n) is 8.59. The van der Waals surface area contributed by atoms with Crippen molar-refractivity contribution >= 4 is 17.7 Å². The van der Waals surface area contributed by atoms with Gasteiger partial charge in [0, 0.05) is 11.6 Å². The van der Waals surface area contributed by atoms with Gasteiger partial charge in [-0.25, -0.2) is 4.39 Å². The fourth-order valence-electron chi connectivity index (χ4n) is 3.00. The van der Waals surface area contributed by atoms with E-state index in [1.165, 1.54) is 36.7 Å². The normalized spacial score (nSPS) is 21.7. The van der Waals surface area contributed by atoms with E-state index in [1.807, 2.05) is 6.92 Å². The first-order valence-corrected chi connectivity index (χ1v) is 9.47. The van der Waals surface area contributed by atoms with Crippen molar-refractivity contribution in [1.29, 1.82) is 0 Å². The SMILES string of the molecule is C[C@@H](Sc1nnc(-c2ccc(F)cc2)o1)C(=O)N[C@H]1CCCC[C@@H]1C. The van der Waals surface area contributed by atoms with E-state index < -0.39 is 0 Å². The molecule has 1 saturated carbocycles. The van der Waals surface area contributed by atoms with E-state index in [9.17, 15) is 9.18 Å². The number of thioether (sulfide) groups is 1. The van der Waals surface area contributed by atoms with Crippen molar-refractivity contribution in [3.05, 3.63) is 30.1 Å². The Balaban J connectivity index is 1.58. The summed E-state index contributed by atoms with van der Waals surface area (Å²) in [7, 11) is 0. The van der Waals surface area contributed by atoms with E-state index in [0.29, 0.717) is 22.6 Å². The van der Waals surface area contributed by atoms with Crippen LogP contribution in [0.2, 0.25) is 0 Å². The standard InChI is InChI=1S/C18H22FN3O2S/c1-11-5-3-4-6-15(11)20-16(23)12(2)25-18-22-21-17(24-18)13-7-9-14(19)10-8-13/h7-12,15H,3-6H2,1-2H3,(H,20,23)/t11-,12+,15-/m0/s1. The molecule has 0 bridgehead atoms. The van der Waals surface area contributed by atoms with Gasteiger partial charge in [0.2, 0.25) is 11.8 Å². The molecule has 1 aliphatic carbocycles. The number of rotatable bonds is 5. The summed E-state index contributed by atoms with van der Waals surface area (Å²) in [5.41, 5.74) is 0.647. The summed E-state index contributed by atoms with van der Waals surface area (Å²) in [6.45, 7) is 4.02. The van der Waals surface area contributed by atoms with Crippen LogP contribution in [0.25, 0.3) is 11.5 Å². The Hall–Kier alpha value is -1.89. The molecule has 3 atom stereocenters. The number of hydrogen-bond donors (Lipinski definition) is 1. The van der Waals surface area contributed by atoms with Crippen LogP contribution in [0, 0.1) is 11.7 Å². The van der Waals surface area contributed by atoms with Gasteiger partial charge < -0.3 is 9.73 Å². The van der Waals surface area contributed by atoms with E-state index in [4.69, 9.17) is 4.42 Å². The van der Waals surface area contributed by atoms with Gasteiger partial charge in [0.1, 0.15) is 5.82 Å². The van der Waals surface area contributed by atoms with E-state index in [2.05, 4.69) is 22.4 Å². The van der Waals surface area contributed by atoms with E-state index in [1.54, 1.807) is 12.1 Å². The molecular weight excluding hydrogens is 341 g/mol. The highest BCUT2D eigenvalue weighted by Crippen LogP contribution is 2.28. The second-order valence-corrected chi connectivity index (χ2v) is 7.81. The van der Waals surface area contributed by atoms with Crippen LogP contribution in [-0.4, -0.2) is 27.4 Å². The number of nitrogens with one attached hydrogen (secondary N) is 1. The van der Waals surface area contributed by atoms with E-state index in [-0.39, 0.29) is 23.0 Å². The number of halogens is 1. The van der Waals surface area contributed by atoms with Crippen LogP contribution in [0.1, 0.15) is 39.5 Å². The van der Waals surface area contributed by atoms with Crippen molar-refractivity contribution in [3.63, 3.8) is 0 Å². The Bertz CT molecular complexity index is 719. The van der Waals surface area contributed by atoms with Crippen molar-refractivity contribution in [2.75, 3.05) is 0 Å². The third-order valence-corrected chi connectivity index (χ3v) is 5.52. The maximum absolute atomic E-state index is 13.0. The molecule has 3 rings (SSSR count). The Morgan fingerprint density at radius 1 is 1.28 bits per heavy atom. The van der Waals surface area contributed by atoms with Gasteiger partial charge in [-0.05, 0) is 49.9 Å². The average molecular weight is 363 g/mol. The van der Waals surface area contributed by atoms with Gasteiger partial charge in [0.25, 0.3) is 5.22 Å². The molecule has 1 N–H and O–H groups in total. The van der Waals surface area contributed by atoms with E-state index >= 15 is 0 Å². The minimum Gasteiger partial charge on any atom is -0.411 e. The molecular formula is C18H22FN3O2S. The molecule has 1 amide bonds. The lowest BCUT2D eigenvalue weighted by Crippen LogP contribution is -2.44. The Labute approximate surface area is 150 Å². The molecule has 2 aromatic rings. The lowest BCUT2D eigenvalue weighted by atomic mass is 9.86. The molecule has 0 aliphatic heterocycles. The second-order valence-electron chi connectivity index (χ2n) is 6.52. The van der Waals surface area contributed by atoms with Crippen molar-refractivity contribution in [3.8, 4) is 11.5 Å². The van der Waals surface area contributed by atoms with Crippen LogP contribution in [0.5, 0.6) is 0 Å². The number of carbonyl (C=O) groups excluding carboxylic acids is 1. The number of aromatic nitrogens is 2. The molecule has 0 radical (unpaired) electrons. The fourth-order valence-corrected chi connectivity index (χ4v) is 3.69. The molecule has 1 heterocycles. The fraction of sp³-hybridized carbons (Fsp3) is 0.500. The topological polar surface area (TPSA) is 68.0 Å². The molecule has 5 nitrogen and oxygen atoms in total. The monoisotopic (exact) mass is 363 g/mol. The summed E-state index contributed by atoms with van der Waals surface area (Å²) in [5, 5.41) is 11.1. The highest BCUT2D eigenvalue weighted by atomic mass is 32.2. The first-order chi connectivity index (χ1) is 12.0. The number of hydrogen-bond acceptors (Lipinski definition) is 5. The Morgan fingerprint density at radius 3 is 2.72 bits per heavy atom. The van der Waals surface area contributed by atoms with Crippen molar-refractivity contribution in [1.82, 2.24) is 15.5 Å². The summed E-state index contributed by atoms with van der Waals surface area (Å²) >= 11 is 1.23. The number of nitrogens with zero attached hydrogens (tertiary/aromatic N) is 2. The largest absolute Gasteiger partial charge is 0.411 e. The zero-order chi connectivity index (χ0) is 17.8. The summed E-state index contributed by atoms with van der Waals surface area (Å²) in [5.74, 6) is 0.504. The summed E-state index contributed by atoms with van der Waals surface area (Å²) in [6.07, 6.45) is 4.62. The maximum atomic E-state index is 13.0. The molecule has 134 valence electrons. The molecule has 0 spiro atoms. The molecule has 1 aromatic carbocycles. The van der Waals surface area contributed by atoms with Crippen molar-refractivity contribution < 1.29 is 13.6 Å². The van der Waals surface area contributed by atoms with Gasteiger partial charge in [-0.2, -0.15) is 0 Å². The number of benzene rings is 1. The molecule has 25 heavy (non-hydrogen) atoms. The van der Waals surface area contributed by atoms with Gasteiger partial charge in [-0.3, -0.25) is 4.79 Å². The van der Waals surface area contributed by atoms with Crippen molar-refractivity contribution in [2.45, 2.75) is 56.0 Å². The lowest BCUT2D eigenvalue weighted by Gasteiger charge is -2.30. The van der Waals surface area contributed by atoms with Gasteiger partial charge in [0.15, 0.2) is 0 Å². The predicted octanol–water partition coefficient (Wildman–Crippen LogP) is 4.05. The number of amides is 1. The third-order valence-electron chi connectivity index (χ3n) is 4.58. The van der Waals surface area contributed by atoms with E-state index in [0.717, 1.165) is 12.8 Å². The van der Waals surface area contributed by atoms with Crippen LogP contribution in [0.3, 0.4) is 0 Å². The van der Waals surface area contributed by atoms with Gasteiger partial charge in [0.05, 0.1) is 5.25 Å². The quantitative estimate of drug-likeness (QED) is 0.812. The number of carbonyl (C=O) groups is 1. The highest BCUT2D eigenvalue weighted by molar-refractivity contribution is 8.00. The zero-order valence-electron chi connectivity index (χ0n) is 14.4. The van der Waals surface area contributed by atoms with Gasteiger partial charge in [-0.15, -0.1) is 10.2 Å². The molecule has 0 unspecified atom stereocenters. The van der Waals surface area contributed by atoms with Crippen LogP contribution in [-0.2, 0) is 4.79 Å². The third kappa shape index (κ3) is 4.60. The zero-order valence-corrected chi connectivity index (χ0v) is 15.2. The molecule has 0 saturated heterocycles. The summed E-state index contributed by atoms with van der Waals surface area (Å²) < 4.78 is 18.6. The first kappa shape index (κ1) is 17.9. The Morgan fingerprint density at radius 2 is 2.00 bits per heavy atom. The van der Waals surface area contributed by atoms with Crippen LogP contribution in [0.15, 0.2) is 33.9 Å². The summed E-state index contributed by atoms with van der Waals surface area (Å²) in [4.78, 5) is 12.4. The van der Waals surface area contributed by atoms with Crippen LogP contribution >= 0.6 is 11.8 Å². The predicted molar refractivity (Wildman–Crippen MR) is 94.6 cm³/mol. The smallest absolute Gasteiger partial charge is 0.277 e. The minimum absolute atomic E-state index is 0.00900. The van der Waals surface area contributed by atoms with Crippen LogP contribution < -0.4 is 5.32 Å². The maximum Gasteiger partial charge on any atom is 0.277 e. The highest BCUT2D eigenvalue weighted by Gasteiger charge is 2.26. The van der Waals surface area contributed by atoms with Crippen molar-refractivity contribution in [2.24, 2.45) is 5.92 Å². The lowest BCUT2D eigenvalue weighted by molar-refractivity contribution is -0.121. The average Bonchev–Trinajstić information content (AvgIpc) is 3.06. The molecule has 7 heteroatoms.